The van der Waals surface area contributed by atoms with E-state index >= 15 is 0 Å². The molecule has 0 amide bonds. The van der Waals surface area contributed by atoms with Crippen molar-refractivity contribution in [2.75, 3.05) is 6.61 Å². The molecule has 2 rings (SSSR count). The van der Waals surface area contributed by atoms with Crippen LogP contribution in [0.15, 0.2) is 36.7 Å². The quantitative estimate of drug-likeness (QED) is 0.792. The van der Waals surface area contributed by atoms with E-state index in [0.29, 0.717) is 18.0 Å². The summed E-state index contributed by atoms with van der Waals surface area (Å²) in [7, 11) is 0. The van der Waals surface area contributed by atoms with Crippen molar-refractivity contribution >= 4 is 5.97 Å². The van der Waals surface area contributed by atoms with Crippen molar-refractivity contribution in [3.05, 3.63) is 53.6 Å². The highest BCUT2D eigenvalue weighted by Crippen LogP contribution is 2.21. The van der Waals surface area contributed by atoms with E-state index in [1.165, 1.54) is 0 Å². The zero-order valence-electron chi connectivity index (χ0n) is 11.5. The second-order valence-corrected chi connectivity index (χ2v) is 4.39. The van der Waals surface area contributed by atoms with Crippen molar-refractivity contribution in [3.8, 4) is 0 Å². The molecule has 0 radical (unpaired) electrons. The highest BCUT2D eigenvalue weighted by Gasteiger charge is 2.21. The van der Waals surface area contributed by atoms with Crippen LogP contribution in [0.3, 0.4) is 0 Å². The Morgan fingerprint density at radius 2 is 2.05 bits per heavy atom. The minimum Gasteiger partial charge on any atom is -0.461 e. The minimum atomic E-state index is -0.319. The largest absolute Gasteiger partial charge is 0.461 e. The number of carbonyl (C=O) groups excluding carboxylic acids is 1. The summed E-state index contributed by atoms with van der Waals surface area (Å²) in [5, 5.41) is 0. The number of ether oxygens (including phenoxy) is 1. The first-order valence-electron chi connectivity index (χ1n) is 6.40. The normalized spacial score (nSPS) is 12.2. The summed E-state index contributed by atoms with van der Waals surface area (Å²) < 4.78 is 6.96. The number of hydrogen-bond acceptors (Lipinski definition) is 3. The van der Waals surface area contributed by atoms with Gasteiger partial charge in [-0.2, -0.15) is 0 Å². The van der Waals surface area contributed by atoms with Crippen LogP contribution in [0, 0.1) is 6.92 Å². The Kier molecular flexibility index (Phi) is 4.00. The summed E-state index contributed by atoms with van der Waals surface area (Å²) in [6.45, 7) is 6.03. The molecule has 0 N–H and O–H groups in total. The maximum atomic E-state index is 12.0. The molecular weight excluding hydrogens is 240 g/mol. The lowest BCUT2D eigenvalue weighted by atomic mass is 10.1. The van der Waals surface area contributed by atoms with Crippen LogP contribution in [-0.2, 0) is 4.74 Å². The van der Waals surface area contributed by atoms with E-state index in [2.05, 4.69) is 4.98 Å². The van der Waals surface area contributed by atoms with Crippen molar-refractivity contribution in [2.24, 2.45) is 0 Å². The summed E-state index contributed by atoms with van der Waals surface area (Å²) in [5.74, 6) is -0.319. The topological polar surface area (TPSA) is 44.1 Å². The third-order valence-corrected chi connectivity index (χ3v) is 3.14. The molecule has 0 fully saturated rings. The maximum Gasteiger partial charge on any atom is 0.356 e. The standard InChI is InChI=1S/C15H18N2O2/c1-4-19-15(18)14-11(2)16-10-17(14)12(3)13-8-6-5-7-9-13/h5-10,12H,4H2,1-3H3/t12-/m1/s1. The second kappa shape index (κ2) is 5.69. The molecule has 4 heteroatoms. The van der Waals surface area contributed by atoms with Gasteiger partial charge in [-0.15, -0.1) is 0 Å². The second-order valence-electron chi connectivity index (χ2n) is 4.39. The van der Waals surface area contributed by atoms with Crippen LogP contribution < -0.4 is 0 Å². The van der Waals surface area contributed by atoms with Crippen LogP contribution in [0.25, 0.3) is 0 Å². The van der Waals surface area contributed by atoms with E-state index in [1.54, 1.807) is 13.3 Å². The summed E-state index contributed by atoms with van der Waals surface area (Å²) in [4.78, 5) is 16.2. The minimum absolute atomic E-state index is 0.0433. The van der Waals surface area contributed by atoms with Crippen molar-refractivity contribution < 1.29 is 9.53 Å². The molecule has 0 saturated heterocycles. The van der Waals surface area contributed by atoms with Crippen LogP contribution in [0.4, 0.5) is 0 Å². The monoisotopic (exact) mass is 258 g/mol. The first kappa shape index (κ1) is 13.3. The van der Waals surface area contributed by atoms with E-state index in [4.69, 9.17) is 4.74 Å². The number of nitrogens with zero attached hydrogens (tertiary/aromatic N) is 2. The number of rotatable bonds is 4. The van der Waals surface area contributed by atoms with Gasteiger partial charge in [-0.1, -0.05) is 30.3 Å². The van der Waals surface area contributed by atoms with Gasteiger partial charge in [0.05, 0.1) is 24.7 Å². The Balaban J connectivity index is 2.38. The molecule has 100 valence electrons. The molecule has 0 spiro atoms. The first-order valence-corrected chi connectivity index (χ1v) is 6.40. The molecule has 1 aromatic heterocycles. The van der Waals surface area contributed by atoms with Gasteiger partial charge in [0.15, 0.2) is 5.69 Å². The maximum absolute atomic E-state index is 12.0. The van der Waals surface area contributed by atoms with Crippen molar-refractivity contribution in [1.82, 2.24) is 9.55 Å². The van der Waals surface area contributed by atoms with Crippen LogP contribution in [0.2, 0.25) is 0 Å². The van der Waals surface area contributed by atoms with Gasteiger partial charge < -0.3 is 9.30 Å². The first-order chi connectivity index (χ1) is 9.15. The van der Waals surface area contributed by atoms with Gasteiger partial charge in [-0.25, -0.2) is 9.78 Å². The highest BCUT2D eigenvalue weighted by molar-refractivity contribution is 5.88. The Morgan fingerprint density at radius 1 is 1.37 bits per heavy atom. The van der Waals surface area contributed by atoms with E-state index in [0.717, 1.165) is 5.56 Å². The number of benzene rings is 1. The average Bonchev–Trinajstić information content (AvgIpc) is 2.81. The van der Waals surface area contributed by atoms with Crippen molar-refractivity contribution in [1.29, 1.82) is 0 Å². The molecule has 1 heterocycles. The number of aryl methyl sites for hydroxylation is 1. The Morgan fingerprint density at radius 3 is 2.68 bits per heavy atom. The average molecular weight is 258 g/mol. The zero-order chi connectivity index (χ0) is 13.8. The summed E-state index contributed by atoms with van der Waals surface area (Å²) >= 11 is 0. The molecule has 4 nitrogen and oxygen atoms in total. The van der Waals surface area contributed by atoms with Gasteiger partial charge in [0.1, 0.15) is 0 Å². The number of hydrogen-bond donors (Lipinski definition) is 0. The Hall–Kier alpha value is -2.10. The van der Waals surface area contributed by atoms with Gasteiger partial charge in [0, 0.05) is 0 Å². The van der Waals surface area contributed by atoms with E-state index in [9.17, 15) is 4.79 Å². The highest BCUT2D eigenvalue weighted by atomic mass is 16.5. The van der Waals surface area contributed by atoms with Crippen LogP contribution in [-0.4, -0.2) is 22.1 Å². The summed E-state index contributed by atoms with van der Waals surface area (Å²) in [6, 6.07) is 10.1. The van der Waals surface area contributed by atoms with E-state index < -0.39 is 0 Å². The summed E-state index contributed by atoms with van der Waals surface area (Å²) in [5.41, 5.74) is 2.35. The third kappa shape index (κ3) is 2.67. The molecular formula is C15H18N2O2. The molecule has 0 saturated carbocycles. The van der Waals surface area contributed by atoms with Gasteiger partial charge >= 0.3 is 5.97 Å². The third-order valence-electron chi connectivity index (χ3n) is 3.14. The number of imidazole rings is 1. The number of esters is 1. The molecule has 0 unspecified atom stereocenters. The SMILES string of the molecule is CCOC(=O)c1c(C)ncn1[C@H](C)c1ccccc1. The number of carbonyl (C=O) groups is 1. The fraction of sp³-hybridized carbons (Fsp3) is 0.333. The zero-order valence-corrected chi connectivity index (χ0v) is 11.5. The Bertz CT molecular complexity index is 561. The number of aromatic nitrogens is 2. The van der Waals surface area contributed by atoms with Gasteiger partial charge in [0.25, 0.3) is 0 Å². The van der Waals surface area contributed by atoms with Gasteiger partial charge in [-0.05, 0) is 26.3 Å². The van der Waals surface area contributed by atoms with Gasteiger partial charge in [-0.3, -0.25) is 0 Å². The lowest BCUT2D eigenvalue weighted by Crippen LogP contribution is -2.16. The molecule has 2 aromatic rings. The molecule has 0 aliphatic heterocycles. The van der Waals surface area contributed by atoms with Crippen molar-refractivity contribution in [3.63, 3.8) is 0 Å². The Labute approximate surface area is 113 Å². The van der Waals surface area contributed by atoms with Crippen molar-refractivity contribution in [2.45, 2.75) is 26.8 Å². The van der Waals surface area contributed by atoms with Crippen LogP contribution in [0.1, 0.15) is 41.6 Å². The predicted octanol–water partition coefficient (Wildman–Crippen LogP) is 2.98. The smallest absolute Gasteiger partial charge is 0.356 e. The predicted molar refractivity (Wildman–Crippen MR) is 73.2 cm³/mol. The molecule has 0 aliphatic rings. The van der Waals surface area contributed by atoms with E-state index in [-0.39, 0.29) is 12.0 Å². The molecule has 0 bridgehead atoms. The summed E-state index contributed by atoms with van der Waals surface area (Å²) in [6.07, 6.45) is 1.69. The van der Waals surface area contributed by atoms with Crippen LogP contribution >= 0.6 is 0 Å². The lowest BCUT2D eigenvalue weighted by Gasteiger charge is -2.16. The molecule has 1 aromatic carbocycles. The van der Waals surface area contributed by atoms with E-state index in [1.807, 2.05) is 48.7 Å². The fourth-order valence-electron chi connectivity index (χ4n) is 2.09. The fourth-order valence-corrected chi connectivity index (χ4v) is 2.09. The molecule has 1 atom stereocenters. The van der Waals surface area contributed by atoms with Gasteiger partial charge in [0.2, 0.25) is 0 Å². The lowest BCUT2D eigenvalue weighted by molar-refractivity contribution is 0.0511. The molecule has 19 heavy (non-hydrogen) atoms. The van der Waals surface area contributed by atoms with Crippen LogP contribution in [0.5, 0.6) is 0 Å². The molecule has 0 aliphatic carbocycles.